The van der Waals surface area contributed by atoms with Crippen LogP contribution < -0.4 is 4.74 Å². The fourth-order valence-corrected chi connectivity index (χ4v) is 5.87. The molecule has 1 fully saturated rings. The number of nitrogens with zero attached hydrogens (tertiary/aromatic N) is 2. The number of aromatic hydroxyl groups is 1. The molecule has 7 rings (SSSR count). The first-order chi connectivity index (χ1) is 16.5. The summed E-state index contributed by atoms with van der Waals surface area (Å²) >= 11 is 0. The first-order valence-corrected chi connectivity index (χ1v) is 11.5. The Kier molecular flexibility index (Phi) is 4.59. The minimum atomic E-state index is -0.477. The number of benzene rings is 3. The maximum atomic E-state index is 13.6. The van der Waals surface area contributed by atoms with Crippen LogP contribution in [0.3, 0.4) is 0 Å². The van der Waals surface area contributed by atoms with E-state index in [1.807, 2.05) is 38.1 Å². The molecule has 0 aromatic heterocycles. The van der Waals surface area contributed by atoms with E-state index in [1.54, 1.807) is 12.1 Å². The van der Waals surface area contributed by atoms with Gasteiger partial charge in [0.1, 0.15) is 11.5 Å². The fourth-order valence-electron chi connectivity index (χ4n) is 5.87. The SMILES string of the molecule is CC(C)Oc1ccc(/C=N\N2C(=O)[C@H]3C4c5ccccc5C(c5ccccc54)[C@@H]3C2=O)c(O)c1. The molecule has 170 valence electrons. The van der Waals surface area contributed by atoms with Crippen LogP contribution in [-0.2, 0) is 9.59 Å². The lowest BCUT2D eigenvalue weighted by Gasteiger charge is -2.45. The molecule has 3 aromatic rings. The summed E-state index contributed by atoms with van der Waals surface area (Å²) in [5.74, 6) is -1.35. The minimum absolute atomic E-state index is 0.0225. The predicted molar refractivity (Wildman–Crippen MR) is 127 cm³/mol. The number of imide groups is 1. The predicted octanol–water partition coefficient (Wildman–Crippen LogP) is 4.41. The molecular formula is C28H24N2O4. The normalized spacial score (nSPS) is 24.5. The van der Waals surface area contributed by atoms with Crippen molar-refractivity contribution in [2.24, 2.45) is 16.9 Å². The zero-order chi connectivity index (χ0) is 23.6. The third kappa shape index (κ3) is 2.91. The van der Waals surface area contributed by atoms with Crippen LogP contribution in [0.2, 0.25) is 0 Å². The highest BCUT2D eigenvalue weighted by molar-refractivity contribution is 6.08. The van der Waals surface area contributed by atoms with Gasteiger partial charge in [-0.3, -0.25) is 9.59 Å². The van der Waals surface area contributed by atoms with Gasteiger partial charge in [0.25, 0.3) is 11.8 Å². The van der Waals surface area contributed by atoms with Gasteiger partial charge in [-0.15, -0.1) is 0 Å². The van der Waals surface area contributed by atoms with E-state index in [-0.39, 0.29) is 35.5 Å². The first-order valence-electron chi connectivity index (χ1n) is 11.5. The number of hydrogen-bond donors (Lipinski definition) is 1. The number of phenolic OH excluding ortho intramolecular Hbond substituents is 1. The molecule has 3 aliphatic carbocycles. The Morgan fingerprint density at radius 3 is 1.79 bits per heavy atom. The molecule has 0 radical (unpaired) electrons. The Morgan fingerprint density at radius 2 is 1.35 bits per heavy atom. The smallest absolute Gasteiger partial charge is 0.254 e. The Hall–Kier alpha value is -3.93. The van der Waals surface area contributed by atoms with E-state index in [2.05, 4.69) is 29.4 Å². The maximum absolute atomic E-state index is 13.6. The van der Waals surface area contributed by atoms with Crippen molar-refractivity contribution in [3.63, 3.8) is 0 Å². The Bertz CT molecular complexity index is 1250. The van der Waals surface area contributed by atoms with Crippen LogP contribution in [0, 0.1) is 11.8 Å². The second-order valence-corrected chi connectivity index (χ2v) is 9.38. The molecule has 2 atom stereocenters. The van der Waals surface area contributed by atoms with E-state index in [0.717, 1.165) is 27.3 Å². The largest absolute Gasteiger partial charge is 0.507 e. The highest BCUT2D eigenvalue weighted by Gasteiger charge is 2.61. The number of carbonyl (C=O) groups is 2. The quantitative estimate of drug-likeness (QED) is 0.470. The van der Waals surface area contributed by atoms with Gasteiger partial charge in [-0.1, -0.05) is 48.5 Å². The van der Waals surface area contributed by atoms with Crippen molar-refractivity contribution in [2.45, 2.75) is 31.8 Å². The average Bonchev–Trinajstić information content (AvgIpc) is 3.08. The Labute approximate surface area is 197 Å². The van der Waals surface area contributed by atoms with Gasteiger partial charge in [0, 0.05) is 23.5 Å². The van der Waals surface area contributed by atoms with Gasteiger partial charge in [0.2, 0.25) is 0 Å². The number of rotatable bonds is 4. The summed E-state index contributed by atoms with van der Waals surface area (Å²) in [6.07, 6.45) is 1.34. The molecular weight excluding hydrogens is 428 g/mol. The summed E-state index contributed by atoms with van der Waals surface area (Å²) in [6, 6.07) is 21.1. The number of hydrazone groups is 1. The zero-order valence-electron chi connectivity index (χ0n) is 18.9. The van der Waals surface area contributed by atoms with Crippen molar-refractivity contribution in [2.75, 3.05) is 0 Å². The van der Waals surface area contributed by atoms with Crippen molar-refractivity contribution in [1.29, 1.82) is 0 Å². The maximum Gasteiger partial charge on any atom is 0.254 e. The van der Waals surface area contributed by atoms with Crippen LogP contribution in [0.5, 0.6) is 11.5 Å². The Morgan fingerprint density at radius 1 is 0.853 bits per heavy atom. The standard InChI is InChI=1S/C28H24N2O4/c1-15(2)34-17-12-11-16(22(31)13-17)14-29-30-27(32)25-23-18-7-3-4-8-19(18)24(26(25)28(30)33)21-10-6-5-9-20(21)23/h3-15,23-26,31H,1-2H3/b29-14-/t23?,24?,25-,26-/m0/s1. The molecule has 4 aliphatic rings. The lowest BCUT2D eigenvalue weighted by molar-refractivity contribution is -0.139. The van der Waals surface area contributed by atoms with E-state index in [0.29, 0.717) is 11.3 Å². The molecule has 0 spiro atoms. The van der Waals surface area contributed by atoms with Gasteiger partial charge < -0.3 is 9.84 Å². The molecule has 1 N–H and O–H groups in total. The molecule has 34 heavy (non-hydrogen) atoms. The number of carbonyl (C=O) groups excluding carboxylic acids is 2. The topological polar surface area (TPSA) is 79.2 Å². The number of ether oxygens (including phenoxy) is 1. The van der Waals surface area contributed by atoms with Crippen molar-refractivity contribution >= 4 is 18.0 Å². The summed E-state index contributed by atoms with van der Waals surface area (Å²) in [5, 5.41) is 15.7. The van der Waals surface area contributed by atoms with Crippen molar-refractivity contribution in [3.8, 4) is 11.5 Å². The van der Waals surface area contributed by atoms with Crippen LogP contribution in [-0.4, -0.2) is 34.2 Å². The van der Waals surface area contributed by atoms with Crippen LogP contribution in [0.1, 0.15) is 53.5 Å². The molecule has 2 amide bonds. The number of amides is 2. The monoisotopic (exact) mass is 452 g/mol. The molecule has 0 saturated carbocycles. The third-order valence-electron chi connectivity index (χ3n) is 7.11. The molecule has 6 nitrogen and oxygen atoms in total. The zero-order valence-corrected chi connectivity index (χ0v) is 18.9. The van der Waals surface area contributed by atoms with Gasteiger partial charge in [-0.05, 0) is 48.2 Å². The summed E-state index contributed by atoms with van der Waals surface area (Å²) in [6.45, 7) is 3.81. The molecule has 1 heterocycles. The number of phenols is 1. The second kappa shape index (κ2) is 7.55. The lowest BCUT2D eigenvalue weighted by Crippen LogP contribution is -2.41. The average molecular weight is 453 g/mol. The molecule has 6 heteroatoms. The second-order valence-electron chi connectivity index (χ2n) is 9.38. The first kappa shape index (κ1) is 20.7. The van der Waals surface area contributed by atoms with Gasteiger partial charge in [0.05, 0.1) is 24.2 Å². The molecule has 2 bridgehead atoms. The summed E-state index contributed by atoms with van der Waals surface area (Å²) in [4.78, 5) is 27.1. The third-order valence-corrected chi connectivity index (χ3v) is 7.11. The van der Waals surface area contributed by atoms with E-state index in [4.69, 9.17) is 4.74 Å². The molecule has 1 saturated heterocycles. The summed E-state index contributed by atoms with van der Waals surface area (Å²) < 4.78 is 5.60. The van der Waals surface area contributed by atoms with E-state index < -0.39 is 11.8 Å². The van der Waals surface area contributed by atoms with Gasteiger partial charge in [0.15, 0.2) is 0 Å². The van der Waals surface area contributed by atoms with Crippen molar-refractivity contribution in [3.05, 3.63) is 94.5 Å². The van der Waals surface area contributed by atoms with Crippen LogP contribution in [0.25, 0.3) is 0 Å². The van der Waals surface area contributed by atoms with Gasteiger partial charge >= 0.3 is 0 Å². The van der Waals surface area contributed by atoms with E-state index >= 15 is 0 Å². The fraction of sp³-hybridized carbons (Fsp3) is 0.250. The lowest BCUT2D eigenvalue weighted by atomic mass is 9.55. The highest BCUT2D eigenvalue weighted by Crippen LogP contribution is 2.60. The molecule has 3 aromatic carbocycles. The van der Waals surface area contributed by atoms with Gasteiger partial charge in [-0.2, -0.15) is 10.1 Å². The summed E-state index contributed by atoms with van der Waals surface area (Å²) in [7, 11) is 0. The highest BCUT2D eigenvalue weighted by atomic mass is 16.5. The van der Waals surface area contributed by atoms with E-state index in [9.17, 15) is 14.7 Å². The Balaban J connectivity index is 1.36. The molecule has 1 aliphatic heterocycles. The summed E-state index contributed by atoms with van der Waals surface area (Å²) in [5.41, 5.74) is 4.90. The van der Waals surface area contributed by atoms with Gasteiger partial charge in [-0.25, -0.2) is 0 Å². The molecule has 0 unspecified atom stereocenters. The van der Waals surface area contributed by atoms with Crippen LogP contribution in [0.4, 0.5) is 0 Å². The van der Waals surface area contributed by atoms with Crippen molar-refractivity contribution in [1.82, 2.24) is 5.01 Å². The van der Waals surface area contributed by atoms with Crippen LogP contribution in [0.15, 0.2) is 71.8 Å². The van der Waals surface area contributed by atoms with Crippen molar-refractivity contribution < 1.29 is 19.4 Å². The van der Waals surface area contributed by atoms with E-state index in [1.165, 1.54) is 12.3 Å². The minimum Gasteiger partial charge on any atom is -0.507 e. The number of hydrogen-bond acceptors (Lipinski definition) is 5. The van der Waals surface area contributed by atoms with Crippen LogP contribution >= 0.6 is 0 Å².